The maximum Gasteiger partial charge on any atom is 0.112 e. The van der Waals surface area contributed by atoms with E-state index >= 15 is 0 Å². The molecule has 1 aliphatic heterocycles. The van der Waals surface area contributed by atoms with Gasteiger partial charge in [-0.1, -0.05) is 40.8 Å². The zero-order valence-electron chi connectivity index (χ0n) is 9.32. The molecule has 0 aromatic heterocycles. The van der Waals surface area contributed by atoms with Crippen LogP contribution in [0.15, 0.2) is 0 Å². The first-order chi connectivity index (χ1) is 5.16. The summed E-state index contributed by atoms with van der Waals surface area (Å²) in [6.07, 6.45) is 1.42. The van der Waals surface area contributed by atoms with Gasteiger partial charge in [-0.2, -0.15) is 11.2 Å². The van der Waals surface area contributed by atoms with Crippen LogP contribution >= 0.6 is 11.2 Å². The second-order valence-electron chi connectivity index (χ2n) is 5.76. The third kappa shape index (κ3) is 1.90. The molecule has 0 nitrogen and oxygen atoms in total. The van der Waals surface area contributed by atoms with Crippen molar-refractivity contribution in [2.75, 3.05) is 0 Å². The molecule has 12 heavy (non-hydrogen) atoms. The Morgan fingerprint density at radius 1 is 1.08 bits per heavy atom. The monoisotopic (exact) mass is 202 g/mol. The molecule has 0 radical (unpaired) electrons. The lowest BCUT2D eigenvalue weighted by molar-refractivity contribution is 0.268. The Kier molecular flexibility index (Phi) is 2.46. The van der Waals surface area contributed by atoms with Crippen molar-refractivity contribution in [3.8, 4) is 0 Å². The standard InChI is InChI=1S/C10H22SSi/c1-9(2)7-8-12(5,6)11-10(9,3)4/h7-8H2,1-6H3. The topological polar surface area (TPSA) is 0 Å². The third-order valence-electron chi connectivity index (χ3n) is 3.51. The van der Waals surface area contributed by atoms with E-state index in [4.69, 9.17) is 0 Å². The van der Waals surface area contributed by atoms with Crippen LogP contribution in [0, 0.1) is 5.41 Å². The largest absolute Gasteiger partial charge is 0.179 e. The van der Waals surface area contributed by atoms with Gasteiger partial charge < -0.3 is 0 Å². The fourth-order valence-electron chi connectivity index (χ4n) is 1.79. The SMILES string of the molecule is CC1(C)CC[Si](C)(C)SC1(C)C. The molecule has 0 saturated carbocycles. The highest BCUT2D eigenvalue weighted by molar-refractivity contribution is 8.29. The maximum atomic E-state index is 2.51. The molecule has 0 unspecified atom stereocenters. The Bertz CT molecular complexity index is 182. The van der Waals surface area contributed by atoms with Gasteiger partial charge in [-0.15, -0.1) is 0 Å². The Hall–Kier alpha value is 0.567. The molecular formula is C10H22SSi. The van der Waals surface area contributed by atoms with E-state index in [1.54, 1.807) is 0 Å². The Morgan fingerprint density at radius 3 is 1.92 bits per heavy atom. The summed E-state index contributed by atoms with van der Waals surface area (Å²) in [5.74, 6) is 0. The second-order valence-corrected chi connectivity index (χ2v) is 14.9. The van der Waals surface area contributed by atoms with Crippen LogP contribution in [0.25, 0.3) is 0 Å². The summed E-state index contributed by atoms with van der Waals surface area (Å²) >= 11 is 2.29. The van der Waals surface area contributed by atoms with E-state index in [0.717, 1.165) is 0 Å². The Labute approximate surface area is 82.2 Å². The molecule has 2 heteroatoms. The molecule has 0 aliphatic carbocycles. The minimum atomic E-state index is -0.898. The quantitative estimate of drug-likeness (QED) is 0.532. The molecule has 72 valence electrons. The summed E-state index contributed by atoms with van der Waals surface area (Å²) in [4.78, 5) is 0. The molecule has 1 fully saturated rings. The molecular weight excluding hydrogens is 180 g/mol. The highest BCUT2D eigenvalue weighted by atomic mass is 32.4. The first-order valence-corrected chi connectivity index (χ1v) is 9.61. The van der Waals surface area contributed by atoms with E-state index in [-0.39, 0.29) is 0 Å². The zero-order valence-corrected chi connectivity index (χ0v) is 11.1. The zero-order chi connectivity index (χ0) is 9.62. The average Bonchev–Trinajstić information content (AvgIpc) is 1.79. The van der Waals surface area contributed by atoms with Crippen molar-refractivity contribution in [3.05, 3.63) is 0 Å². The third-order valence-corrected chi connectivity index (χ3v) is 10.4. The van der Waals surface area contributed by atoms with E-state index in [9.17, 15) is 0 Å². The van der Waals surface area contributed by atoms with E-state index in [1.807, 2.05) is 0 Å². The molecule has 1 saturated heterocycles. The van der Waals surface area contributed by atoms with Gasteiger partial charge in [0.05, 0.1) is 0 Å². The summed E-state index contributed by atoms with van der Waals surface area (Å²) < 4.78 is 0.487. The fourth-order valence-corrected chi connectivity index (χ4v) is 10.5. The summed E-state index contributed by atoms with van der Waals surface area (Å²) in [7, 11) is -0.898. The highest BCUT2D eigenvalue weighted by Gasteiger charge is 2.46. The van der Waals surface area contributed by atoms with Gasteiger partial charge in [-0.25, -0.2) is 0 Å². The van der Waals surface area contributed by atoms with Crippen molar-refractivity contribution in [3.63, 3.8) is 0 Å². The number of rotatable bonds is 0. The van der Waals surface area contributed by atoms with Gasteiger partial charge in [-0.3, -0.25) is 0 Å². The smallest absolute Gasteiger partial charge is 0.112 e. The lowest BCUT2D eigenvalue weighted by Crippen LogP contribution is -2.46. The highest BCUT2D eigenvalue weighted by Crippen LogP contribution is 2.54. The lowest BCUT2D eigenvalue weighted by Gasteiger charge is -2.50. The van der Waals surface area contributed by atoms with Crippen LogP contribution in [-0.4, -0.2) is 12.0 Å². The molecule has 1 heterocycles. The van der Waals surface area contributed by atoms with Crippen LogP contribution in [0.3, 0.4) is 0 Å². The fraction of sp³-hybridized carbons (Fsp3) is 1.00. The molecule has 0 amide bonds. The van der Waals surface area contributed by atoms with Crippen molar-refractivity contribution < 1.29 is 0 Å². The molecule has 1 aliphatic rings. The van der Waals surface area contributed by atoms with Crippen LogP contribution in [0.1, 0.15) is 34.1 Å². The summed E-state index contributed by atoms with van der Waals surface area (Å²) in [6, 6.07) is 1.49. The van der Waals surface area contributed by atoms with Crippen molar-refractivity contribution >= 4 is 18.4 Å². The molecule has 0 aromatic rings. The summed E-state index contributed by atoms with van der Waals surface area (Å²) in [5, 5.41) is 0. The van der Waals surface area contributed by atoms with E-state index in [0.29, 0.717) is 10.2 Å². The summed E-state index contributed by atoms with van der Waals surface area (Å²) in [6.45, 7) is 14.7. The predicted octanol–water partition coefficient (Wildman–Crippen LogP) is 4.13. The van der Waals surface area contributed by atoms with Crippen molar-refractivity contribution in [1.82, 2.24) is 0 Å². The van der Waals surface area contributed by atoms with Gasteiger partial charge >= 0.3 is 0 Å². The normalized spacial score (nSPS) is 31.5. The van der Waals surface area contributed by atoms with Crippen LogP contribution < -0.4 is 0 Å². The van der Waals surface area contributed by atoms with Gasteiger partial charge in [0.15, 0.2) is 0 Å². The molecule has 1 rings (SSSR count). The van der Waals surface area contributed by atoms with Gasteiger partial charge in [-0.05, 0) is 17.9 Å². The first-order valence-electron chi connectivity index (χ1n) is 4.87. The molecule has 0 atom stereocenters. The Morgan fingerprint density at radius 2 is 1.58 bits per heavy atom. The minimum Gasteiger partial charge on any atom is -0.179 e. The van der Waals surface area contributed by atoms with Crippen LogP contribution in [-0.2, 0) is 0 Å². The van der Waals surface area contributed by atoms with Crippen molar-refractivity contribution in [2.45, 2.75) is 58.0 Å². The van der Waals surface area contributed by atoms with Crippen molar-refractivity contribution in [1.29, 1.82) is 0 Å². The average molecular weight is 202 g/mol. The van der Waals surface area contributed by atoms with Crippen LogP contribution in [0.5, 0.6) is 0 Å². The first kappa shape index (κ1) is 10.6. The molecule has 0 bridgehead atoms. The van der Waals surface area contributed by atoms with E-state index < -0.39 is 7.22 Å². The molecule has 0 aromatic carbocycles. The van der Waals surface area contributed by atoms with Crippen LogP contribution in [0.4, 0.5) is 0 Å². The molecule has 0 N–H and O–H groups in total. The van der Waals surface area contributed by atoms with E-state index in [2.05, 4.69) is 52.0 Å². The van der Waals surface area contributed by atoms with Crippen molar-refractivity contribution in [2.24, 2.45) is 5.41 Å². The Balaban J connectivity index is 2.82. The number of hydrogen-bond donors (Lipinski definition) is 0. The van der Waals surface area contributed by atoms with Crippen LogP contribution in [0.2, 0.25) is 19.1 Å². The van der Waals surface area contributed by atoms with Gasteiger partial charge in [0.1, 0.15) is 7.22 Å². The second kappa shape index (κ2) is 2.78. The van der Waals surface area contributed by atoms with E-state index in [1.165, 1.54) is 12.5 Å². The summed E-state index contributed by atoms with van der Waals surface area (Å²) in [5.41, 5.74) is 0.528. The van der Waals surface area contributed by atoms with Gasteiger partial charge in [0.25, 0.3) is 0 Å². The predicted molar refractivity (Wildman–Crippen MR) is 62.4 cm³/mol. The minimum absolute atomic E-state index is 0.487. The van der Waals surface area contributed by atoms with Gasteiger partial charge in [0, 0.05) is 4.75 Å². The number of hydrogen-bond acceptors (Lipinski definition) is 1. The molecule has 0 spiro atoms. The van der Waals surface area contributed by atoms with Gasteiger partial charge in [0.2, 0.25) is 0 Å². The lowest BCUT2D eigenvalue weighted by atomic mass is 9.78. The maximum absolute atomic E-state index is 2.51.